The summed E-state index contributed by atoms with van der Waals surface area (Å²) < 4.78 is 14.6. The van der Waals surface area contributed by atoms with Gasteiger partial charge in [0.15, 0.2) is 5.69 Å². The number of carbonyl (C=O) groups is 2. The lowest BCUT2D eigenvalue weighted by Gasteiger charge is -2.40. The topological polar surface area (TPSA) is 70.5 Å². The maximum absolute atomic E-state index is 13.1. The molecule has 2 fully saturated rings. The van der Waals surface area contributed by atoms with Crippen molar-refractivity contribution in [3.05, 3.63) is 48.0 Å². The first kappa shape index (κ1) is 17.7. The molecule has 3 heterocycles. The average Bonchev–Trinajstić information content (AvgIpc) is 3.18. The second-order valence-electron chi connectivity index (χ2n) is 6.93. The molecule has 2 saturated heterocycles. The number of hydrogen-bond donors (Lipinski definition) is 1. The van der Waals surface area contributed by atoms with Crippen LogP contribution in [0.25, 0.3) is 5.69 Å². The van der Waals surface area contributed by atoms with Crippen LogP contribution >= 0.6 is 0 Å². The molecule has 1 aromatic heterocycles. The molecule has 7 nitrogen and oxygen atoms in total. The molecule has 8 heteroatoms. The molecule has 1 unspecified atom stereocenters. The first-order valence-corrected chi connectivity index (χ1v) is 9.23. The fourth-order valence-corrected chi connectivity index (χ4v) is 3.74. The van der Waals surface area contributed by atoms with Gasteiger partial charge in [0.1, 0.15) is 5.82 Å². The maximum Gasteiger partial charge on any atom is 0.274 e. The molecule has 2 aliphatic heterocycles. The van der Waals surface area contributed by atoms with Gasteiger partial charge in [-0.05, 0) is 43.2 Å². The second-order valence-corrected chi connectivity index (χ2v) is 6.93. The van der Waals surface area contributed by atoms with Crippen molar-refractivity contribution in [2.45, 2.75) is 18.9 Å². The van der Waals surface area contributed by atoms with Crippen molar-refractivity contribution in [2.24, 2.45) is 0 Å². The molecule has 2 amide bonds. The fourth-order valence-electron chi connectivity index (χ4n) is 3.74. The van der Waals surface area contributed by atoms with Gasteiger partial charge in [-0.3, -0.25) is 9.59 Å². The van der Waals surface area contributed by atoms with Crippen molar-refractivity contribution in [3.8, 4) is 5.69 Å². The minimum absolute atomic E-state index is 0.0662. The number of piperidine rings is 1. The van der Waals surface area contributed by atoms with Gasteiger partial charge >= 0.3 is 0 Å². The molecular weight excluding hydrogens is 349 g/mol. The Labute approximate surface area is 156 Å². The molecule has 142 valence electrons. The molecule has 1 N–H and O–H groups in total. The highest BCUT2D eigenvalue weighted by Crippen LogP contribution is 2.19. The zero-order valence-corrected chi connectivity index (χ0v) is 15.0. The van der Waals surface area contributed by atoms with Crippen LogP contribution in [0.1, 0.15) is 23.3 Å². The zero-order chi connectivity index (χ0) is 18.8. The molecule has 2 aliphatic rings. The molecular formula is C19H22FN5O2. The maximum atomic E-state index is 13.1. The fraction of sp³-hybridized carbons (Fsp3) is 0.421. The van der Waals surface area contributed by atoms with Gasteiger partial charge in [0, 0.05) is 38.4 Å². The normalized spacial score (nSPS) is 20.8. The van der Waals surface area contributed by atoms with Gasteiger partial charge in [-0.25, -0.2) is 9.07 Å². The number of nitrogens with one attached hydrogen (secondary N) is 1. The predicted molar refractivity (Wildman–Crippen MR) is 97.0 cm³/mol. The van der Waals surface area contributed by atoms with E-state index in [1.165, 1.54) is 12.1 Å². The predicted octanol–water partition coefficient (Wildman–Crippen LogP) is 1.05. The lowest BCUT2D eigenvalue weighted by Crippen LogP contribution is -2.57. The molecule has 0 spiro atoms. The number of likely N-dealkylation sites (tertiary alicyclic amines) is 1. The van der Waals surface area contributed by atoms with E-state index in [4.69, 9.17) is 0 Å². The lowest BCUT2D eigenvalue weighted by molar-refractivity contribution is -0.135. The van der Waals surface area contributed by atoms with E-state index in [0.29, 0.717) is 37.6 Å². The van der Waals surface area contributed by atoms with E-state index in [9.17, 15) is 14.0 Å². The number of carbonyl (C=O) groups excluding carboxylic acids is 2. The number of piperazine rings is 1. The van der Waals surface area contributed by atoms with Gasteiger partial charge in [-0.1, -0.05) is 0 Å². The van der Waals surface area contributed by atoms with Crippen LogP contribution in [-0.2, 0) is 4.79 Å². The van der Waals surface area contributed by atoms with Crippen LogP contribution in [0, 0.1) is 5.82 Å². The van der Waals surface area contributed by atoms with E-state index in [1.54, 1.807) is 34.0 Å². The third-order valence-electron chi connectivity index (χ3n) is 5.15. The molecule has 2 aromatic rings. The lowest BCUT2D eigenvalue weighted by atomic mass is 10.0. The Balaban J connectivity index is 1.46. The van der Waals surface area contributed by atoms with Crippen molar-refractivity contribution >= 4 is 11.8 Å². The first-order valence-electron chi connectivity index (χ1n) is 9.23. The summed E-state index contributed by atoms with van der Waals surface area (Å²) in [5.74, 6) is -0.353. The van der Waals surface area contributed by atoms with E-state index < -0.39 is 0 Å². The van der Waals surface area contributed by atoms with Gasteiger partial charge in [-0.15, -0.1) is 0 Å². The van der Waals surface area contributed by atoms with Gasteiger partial charge in [0.2, 0.25) is 5.91 Å². The monoisotopic (exact) mass is 371 g/mol. The standard InChI is InChI=1S/C19H22FN5O2/c20-14-3-5-15(6-4-14)25-10-7-17(22-25)19(27)23-9-1-2-16(13-23)24-11-8-21-12-18(24)26/h3-7,10,16,21H,1-2,8-9,11-13H2. The summed E-state index contributed by atoms with van der Waals surface area (Å²) in [6.07, 6.45) is 3.48. The highest BCUT2D eigenvalue weighted by molar-refractivity contribution is 5.92. The van der Waals surface area contributed by atoms with Crippen LogP contribution in [-0.4, -0.2) is 70.2 Å². The Morgan fingerprint density at radius 1 is 1.19 bits per heavy atom. The van der Waals surface area contributed by atoms with Crippen molar-refractivity contribution in [1.29, 1.82) is 0 Å². The molecule has 0 saturated carbocycles. The Morgan fingerprint density at radius 3 is 2.78 bits per heavy atom. The smallest absolute Gasteiger partial charge is 0.274 e. The van der Waals surface area contributed by atoms with Crippen molar-refractivity contribution in [1.82, 2.24) is 24.9 Å². The molecule has 0 radical (unpaired) electrons. The molecule has 0 aliphatic carbocycles. The van der Waals surface area contributed by atoms with Crippen LogP contribution in [0.4, 0.5) is 4.39 Å². The van der Waals surface area contributed by atoms with E-state index in [1.807, 2.05) is 4.90 Å². The number of halogens is 1. The molecule has 1 atom stereocenters. The number of hydrogen-bond acceptors (Lipinski definition) is 4. The summed E-state index contributed by atoms with van der Waals surface area (Å²) in [5.41, 5.74) is 1.05. The van der Waals surface area contributed by atoms with Gasteiger partial charge in [0.25, 0.3) is 5.91 Å². The number of aromatic nitrogens is 2. The molecule has 27 heavy (non-hydrogen) atoms. The molecule has 1 aromatic carbocycles. The average molecular weight is 371 g/mol. The van der Waals surface area contributed by atoms with Crippen LogP contribution in [0.2, 0.25) is 0 Å². The largest absolute Gasteiger partial charge is 0.336 e. The van der Waals surface area contributed by atoms with Crippen molar-refractivity contribution < 1.29 is 14.0 Å². The van der Waals surface area contributed by atoms with Crippen LogP contribution in [0.15, 0.2) is 36.5 Å². The Morgan fingerprint density at radius 2 is 2.00 bits per heavy atom. The Bertz CT molecular complexity index is 835. The number of rotatable bonds is 3. The van der Waals surface area contributed by atoms with Crippen molar-refractivity contribution in [2.75, 3.05) is 32.7 Å². The first-order chi connectivity index (χ1) is 13.1. The van der Waals surface area contributed by atoms with E-state index in [2.05, 4.69) is 10.4 Å². The van der Waals surface area contributed by atoms with Gasteiger partial charge < -0.3 is 15.1 Å². The minimum atomic E-state index is -0.316. The second kappa shape index (κ2) is 7.48. The number of amides is 2. The third-order valence-corrected chi connectivity index (χ3v) is 5.15. The van der Waals surface area contributed by atoms with Crippen LogP contribution in [0.3, 0.4) is 0 Å². The van der Waals surface area contributed by atoms with E-state index in [0.717, 1.165) is 19.4 Å². The van der Waals surface area contributed by atoms with E-state index >= 15 is 0 Å². The SMILES string of the molecule is O=C(c1ccn(-c2ccc(F)cc2)n1)N1CCCC(N2CCNCC2=O)C1. The summed E-state index contributed by atoms with van der Waals surface area (Å²) in [5, 5.41) is 7.43. The highest BCUT2D eigenvalue weighted by atomic mass is 19.1. The Hall–Kier alpha value is -2.74. The number of benzene rings is 1. The summed E-state index contributed by atoms with van der Waals surface area (Å²) in [6, 6.07) is 7.69. The van der Waals surface area contributed by atoms with Crippen molar-refractivity contribution in [3.63, 3.8) is 0 Å². The van der Waals surface area contributed by atoms with Gasteiger partial charge in [0.05, 0.1) is 12.2 Å². The summed E-state index contributed by atoms with van der Waals surface area (Å²) in [6.45, 7) is 3.04. The Kier molecular flexibility index (Phi) is 4.89. The van der Waals surface area contributed by atoms with Gasteiger partial charge in [-0.2, -0.15) is 5.10 Å². The minimum Gasteiger partial charge on any atom is -0.336 e. The number of nitrogens with zero attached hydrogens (tertiary/aromatic N) is 4. The van der Waals surface area contributed by atoms with Crippen LogP contribution in [0.5, 0.6) is 0 Å². The molecule has 4 rings (SSSR count). The van der Waals surface area contributed by atoms with E-state index in [-0.39, 0.29) is 23.7 Å². The highest BCUT2D eigenvalue weighted by Gasteiger charge is 2.32. The third kappa shape index (κ3) is 3.71. The van der Waals surface area contributed by atoms with Crippen LogP contribution < -0.4 is 5.32 Å². The summed E-state index contributed by atoms with van der Waals surface area (Å²) in [7, 11) is 0. The zero-order valence-electron chi connectivity index (χ0n) is 15.0. The summed E-state index contributed by atoms with van der Waals surface area (Å²) >= 11 is 0. The molecule has 0 bridgehead atoms. The summed E-state index contributed by atoms with van der Waals surface area (Å²) in [4.78, 5) is 28.7. The quantitative estimate of drug-likeness (QED) is 0.876.